The van der Waals surface area contributed by atoms with Crippen molar-refractivity contribution in [2.75, 3.05) is 0 Å². The molecule has 0 aromatic heterocycles. The van der Waals surface area contributed by atoms with Gasteiger partial charge in [0.25, 0.3) is 0 Å². The fourth-order valence-electron chi connectivity index (χ4n) is 1.13. The van der Waals surface area contributed by atoms with Crippen molar-refractivity contribution in [3.63, 3.8) is 0 Å². The van der Waals surface area contributed by atoms with Crippen LogP contribution in [0, 0.1) is 6.92 Å². The molecular weight excluding hydrogens is 200 g/mol. The third-order valence-electron chi connectivity index (χ3n) is 1.85. The molecular formula is C11H11ClO2. The second-order valence-corrected chi connectivity index (χ2v) is 3.38. The molecule has 0 saturated carbocycles. The number of aliphatic carboxylic acids is 1. The fourth-order valence-corrected chi connectivity index (χ4v) is 1.42. The SMILES string of the molecule is Cc1cccc(Cl)c1C=CCC(=O)O. The molecule has 74 valence electrons. The molecule has 1 rings (SSSR count). The summed E-state index contributed by atoms with van der Waals surface area (Å²) in [5.74, 6) is -0.842. The summed E-state index contributed by atoms with van der Waals surface area (Å²) in [6, 6.07) is 5.59. The third-order valence-corrected chi connectivity index (χ3v) is 2.18. The normalized spacial score (nSPS) is 10.7. The van der Waals surface area contributed by atoms with Gasteiger partial charge in [0.05, 0.1) is 6.42 Å². The molecule has 0 radical (unpaired) electrons. The molecule has 0 unspecified atom stereocenters. The van der Waals surface area contributed by atoms with Crippen molar-refractivity contribution in [1.82, 2.24) is 0 Å². The van der Waals surface area contributed by atoms with Gasteiger partial charge in [-0.2, -0.15) is 0 Å². The maximum Gasteiger partial charge on any atom is 0.307 e. The van der Waals surface area contributed by atoms with Gasteiger partial charge in [-0.1, -0.05) is 35.9 Å². The number of hydrogen-bond donors (Lipinski definition) is 1. The molecule has 2 nitrogen and oxygen atoms in total. The Hall–Kier alpha value is -1.28. The van der Waals surface area contributed by atoms with E-state index in [2.05, 4.69) is 0 Å². The van der Waals surface area contributed by atoms with E-state index in [4.69, 9.17) is 16.7 Å². The lowest BCUT2D eigenvalue weighted by Crippen LogP contribution is -1.90. The molecule has 0 aliphatic carbocycles. The van der Waals surface area contributed by atoms with Gasteiger partial charge in [0.15, 0.2) is 0 Å². The van der Waals surface area contributed by atoms with Crippen LogP contribution in [0.5, 0.6) is 0 Å². The zero-order valence-corrected chi connectivity index (χ0v) is 8.58. The number of hydrogen-bond acceptors (Lipinski definition) is 1. The summed E-state index contributed by atoms with van der Waals surface area (Å²) in [6.07, 6.45) is 3.35. The first-order valence-corrected chi connectivity index (χ1v) is 4.62. The van der Waals surface area contributed by atoms with Crippen LogP contribution in [0.1, 0.15) is 17.5 Å². The number of rotatable bonds is 3. The first-order chi connectivity index (χ1) is 6.61. The van der Waals surface area contributed by atoms with E-state index in [-0.39, 0.29) is 6.42 Å². The monoisotopic (exact) mass is 210 g/mol. The van der Waals surface area contributed by atoms with E-state index in [1.54, 1.807) is 18.2 Å². The average Bonchev–Trinajstić information content (AvgIpc) is 2.09. The Labute approximate surface area is 87.8 Å². The lowest BCUT2D eigenvalue weighted by molar-refractivity contribution is -0.135. The molecule has 14 heavy (non-hydrogen) atoms. The van der Waals surface area contributed by atoms with Crippen LogP contribution in [0.3, 0.4) is 0 Å². The molecule has 0 fully saturated rings. The molecule has 1 N–H and O–H groups in total. The van der Waals surface area contributed by atoms with E-state index in [1.807, 2.05) is 19.1 Å². The minimum Gasteiger partial charge on any atom is -0.481 e. The first kappa shape index (κ1) is 10.8. The zero-order chi connectivity index (χ0) is 10.6. The molecule has 0 amide bonds. The van der Waals surface area contributed by atoms with Gasteiger partial charge in [0.2, 0.25) is 0 Å². The standard InChI is InChI=1S/C11H11ClO2/c1-8-4-2-6-10(12)9(8)5-3-7-11(13)14/h2-6H,7H2,1H3,(H,13,14). The number of carbonyl (C=O) groups is 1. The second kappa shape index (κ2) is 4.82. The summed E-state index contributed by atoms with van der Waals surface area (Å²) in [5.41, 5.74) is 1.93. The van der Waals surface area contributed by atoms with Gasteiger partial charge in [0.1, 0.15) is 0 Å². The van der Waals surface area contributed by atoms with Crippen molar-refractivity contribution in [1.29, 1.82) is 0 Å². The van der Waals surface area contributed by atoms with Crippen LogP contribution in [-0.4, -0.2) is 11.1 Å². The first-order valence-electron chi connectivity index (χ1n) is 4.24. The Morgan fingerprint density at radius 2 is 2.29 bits per heavy atom. The molecule has 3 heteroatoms. The molecule has 1 aromatic rings. The van der Waals surface area contributed by atoms with Gasteiger partial charge < -0.3 is 5.11 Å². The summed E-state index contributed by atoms with van der Waals surface area (Å²) in [6.45, 7) is 1.94. The van der Waals surface area contributed by atoms with E-state index >= 15 is 0 Å². The smallest absolute Gasteiger partial charge is 0.307 e. The molecule has 0 atom stereocenters. The van der Waals surface area contributed by atoms with Crippen molar-refractivity contribution >= 4 is 23.6 Å². The number of benzene rings is 1. The zero-order valence-electron chi connectivity index (χ0n) is 7.83. The molecule has 0 aliphatic heterocycles. The van der Waals surface area contributed by atoms with Crippen LogP contribution in [0.2, 0.25) is 5.02 Å². The Morgan fingerprint density at radius 3 is 2.86 bits per heavy atom. The summed E-state index contributed by atoms with van der Waals surface area (Å²) in [7, 11) is 0. The van der Waals surface area contributed by atoms with Crippen LogP contribution in [0.15, 0.2) is 24.3 Å². The fraction of sp³-hybridized carbons (Fsp3) is 0.182. The Bertz CT molecular complexity index is 349. The quantitative estimate of drug-likeness (QED) is 0.832. The predicted molar refractivity (Wildman–Crippen MR) is 57.5 cm³/mol. The van der Waals surface area contributed by atoms with E-state index in [9.17, 15) is 4.79 Å². The maximum atomic E-state index is 10.3. The van der Waals surface area contributed by atoms with E-state index in [1.165, 1.54) is 0 Å². The van der Waals surface area contributed by atoms with Crippen LogP contribution in [0.25, 0.3) is 6.08 Å². The Kier molecular flexibility index (Phi) is 3.72. The number of carboxylic acid groups (broad SMARTS) is 1. The molecule has 0 bridgehead atoms. The summed E-state index contributed by atoms with van der Waals surface area (Å²) >= 11 is 5.95. The number of carboxylic acids is 1. The minimum atomic E-state index is -0.842. The van der Waals surface area contributed by atoms with Crippen molar-refractivity contribution in [3.05, 3.63) is 40.4 Å². The van der Waals surface area contributed by atoms with Crippen molar-refractivity contribution in [2.45, 2.75) is 13.3 Å². The van der Waals surface area contributed by atoms with Crippen LogP contribution in [-0.2, 0) is 4.79 Å². The van der Waals surface area contributed by atoms with Gasteiger partial charge in [-0.15, -0.1) is 0 Å². The Morgan fingerprint density at radius 1 is 1.57 bits per heavy atom. The Balaban J connectivity index is 2.85. The van der Waals surface area contributed by atoms with Gasteiger partial charge in [-0.05, 0) is 24.1 Å². The predicted octanol–water partition coefficient (Wildman–Crippen LogP) is 3.14. The van der Waals surface area contributed by atoms with Gasteiger partial charge >= 0.3 is 5.97 Å². The molecule has 0 aliphatic rings. The lowest BCUT2D eigenvalue weighted by Gasteiger charge is -2.01. The molecule has 0 spiro atoms. The third kappa shape index (κ3) is 2.89. The minimum absolute atomic E-state index is 0.0185. The van der Waals surface area contributed by atoms with Crippen molar-refractivity contribution in [3.8, 4) is 0 Å². The van der Waals surface area contributed by atoms with Crippen LogP contribution < -0.4 is 0 Å². The van der Waals surface area contributed by atoms with Crippen molar-refractivity contribution in [2.24, 2.45) is 0 Å². The largest absolute Gasteiger partial charge is 0.481 e. The highest BCUT2D eigenvalue weighted by molar-refractivity contribution is 6.32. The maximum absolute atomic E-state index is 10.3. The molecule has 0 saturated heterocycles. The van der Waals surface area contributed by atoms with Crippen molar-refractivity contribution < 1.29 is 9.90 Å². The average molecular weight is 211 g/mol. The topological polar surface area (TPSA) is 37.3 Å². The van der Waals surface area contributed by atoms with Crippen LogP contribution >= 0.6 is 11.6 Å². The summed E-state index contributed by atoms with van der Waals surface area (Å²) in [5, 5.41) is 9.09. The summed E-state index contributed by atoms with van der Waals surface area (Å²) < 4.78 is 0. The highest BCUT2D eigenvalue weighted by atomic mass is 35.5. The van der Waals surface area contributed by atoms with E-state index < -0.39 is 5.97 Å². The lowest BCUT2D eigenvalue weighted by atomic mass is 10.1. The van der Waals surface area contributed by atoms with Gasteiger partial charge in [-0.3, -0.25) is 4.79 Å². The van der Waals surface area contributed by atoms with E-state index in [0.29, 0.717) is 5.02 Å². The van der Waals surface area contributed by atoms with Crippen LogP contribution in [0.4, 0.5) is 0 Å². The van der Waals surface area contributed by atoms with Gasteiger partial charge in [0, 0.05) is 5.02 Å². The van der Waals surface area contributed by atoms with Gasteiger partial charge in [-0.25, -0.2) is 0 Å². The number of halogens is 1. The molecule has 0 heterocycles. The number of aryl methyl sites for hydroxylation is 1. The second-order valence-electron chi connectivity index (χ2n) is 2.97. The molecule has 1 aromatic carbocycles. The van der Waals surface area contributed by atoms with E-state index in [0.717, 1.165) is 11.1 Å². The summed E-state index contributed by atoms with van der Waals surface area (Å²) in [4.78, 5) is 10.3. The highest BCUT2D eigenvalue weighted by Gasteiger charge is 1.99. The highest BCUT2D eigenvalue weighted by Crippen LogP contribution is 2.20.